The normalized spacial score (nSPS) is 28.6. The maximum atomic E-state index is 12.2. The molecule has 3 rings (SSSR count). The number of rotatable bonds is 3. The zero-order valence-electron chi connectivity index (χ0n) is 12.8. The summed E-state index contributed by atoms with van der Waals surface area (Å²) in [6, 6.07) is 6.09. The molecule has 1 aromatic rings. The number of likely N-dealkylation sites (tertiary alicyclic amines) is 1. The van der Waals surface area contributed by atoms with Crippen molar-refractivity contribution < 1.29 is 9.90 Å². The topological polar surface area (TPSA) is 52.6 Å². The van der Waals surface area contributed by atoms with Crippen molar-refractivity contribution in [1.82, 2.24) is 4.90 Å². The van der Waals surface area contributed by atoms with Crippen molar-refractivity contribution >= 4 is 11.6 Å². The number of carbonyl (C=O) groups is 1. The molecule has 1 amide bonds. The number of aliphatic hydroxyl groups is 1. The first-order valence-electron chi connectivity index (χ1n) is 7.80. The average Bonchev–Trinajstić information content (AvgIpc) is 2.96. The Morgan fingerprint density at radius 3 is 2.90 bits per heavy atom. The summed E-state index contributed by atoms with van der Waals surface area (Å²) in [5.41, 5.74) is 3.14. The summed E-state index contributed by atoms with van der Waals surface area (Å²) in [6.45, 7) is 6.25. The fourth-order valence-corrected chi connectivity index (χ4v) is 3.72. The van der Waals surface area contributed by atoms with E-state index in [0.29, 0.717) is 18.4 Å². The highest BCUT2D eigenvalue weighted by Crippen LogP contribution is 2.37. The van der Waals surface area contributed by atoms with Crippen LogP contribution in [0.2, 0.25) is 0 Å². The van der Waals surface area contributed by atoms with Gasteiger partial charge in [0.2, 0.25) is 5.91 Å². The Labute approximate surface area is 126 Å². The Balaban J connectivity index is 1.57. The van der Waals surface area contributed by atoms with Crippen molar-refractivity contribution in [3.63, 3.8) is 0 Å². The van der Waals surface area contributed by atoms with E-state index in [1.54, 1.807) is 0 Å². The molecule has 114 valence electrons. The van der Waals surface area contributed by atoms with Gasteiger partial charge in [0.15, 0.2) is 0 Å². The molecular formula is C17H24N2O2. The maximum absolute atomic E-state index is 12.2. The van der Waals surface area contributed by atoms with Gasteiger partial charge >= 0.3 is 0 Å². The highest BCUT2D eigenvalue weighted by Gasteiger charge is 2.41. The Morgan fingerprint density at radius 1 is 1.33 bits per heavy atom. The standard InChI is InChI=1S/C17H24N2O2/c1-11-3-4-12(2)15(7-11)18-17(21)10-19-8-13-5-6-16(20)14(13)9-19/h3-4,7,13-14,16,20H,5-6,8-10H2,1-2H3,(H,18,21). The van der Waals surface area contributed by atoms with Gasteiger partial charge in [0.1, 0.15) is 0 Å². The second-order valence-electron chi connectivity index (χ2n) is 6.63. The first kappa shape index (κ1) is 14.5. The lowest BCUT2D eigenvalue weighted by Gasteiger charge is -2.18. The summed E-state index contributed by atoms with van der Waals surface area (Å²) in [5.74, 6) is 0.991. The van der Waals surface area contributed by atoms with Crippen molar-refractivity contribution in [3.05, 3.63) is 29.3 Å². The van der Waals surface area contributed by atoms with Gasteiger partial charge in [-0.15, -0.1) is 0 Å². The fraction of sp³-hybridized carbons (Fsp3) is 0.588. The Hall–Kier alpha value is -1.39. The van der Waals surface area contributed by atoms with E-state index in [4.69, 9.17) is 0 Å². The maximum Gasteiger partial charge on any atom is 0.238 e. The van der Waals surface area contributed by atoms with E-state index in [-0.39, 0.29) is 12.0 Å². The monoisotopic (exact) mass is 288 g/mol. The molecule has 0 aromatic heterocycles. The van der Waals surface area contributed by atoms with Crippen LogP contribution in [0.3, 0.4) is 0 Å². The highest BCUT2D eigenvalue weighted by molar-refractivity contribution is 5.93. The first-order chi connectivity index (χ1) is 10.0. The predicted octanol–water partition coefficient (Wildman–Crippen LogP) is 1.94. The molecule has 21 heavy (non-hydrogen) atoms. The average molecular weight is 288 g/mol. The number of carbonyl (C=O) groups excluding carboxylic acids is 1. The molecule has 4 nitrogen and oxygen atoms in total. The van der Waals surface area contributed by atoms with Gasteiger partial charge in [0, 0.05) is 24.7 Å². The van der Waals surface area contributed by atoms with Crippen molar-refractivity contribution in [1.29, 1.82) is 0 Å². The number of fused-ring (bicyclic) bond motifs is 1. The van der Waals surface area contributed by atoms with Gasteiger partial charge in [0.05, 0.1) is 12.6 Å². The van der Waals surface area contributed by atoms with Crippen LogP contribution in [0.25, 0.3) is 0 Å². The van der Waals surface area contributed by atoms with Crippen LogP contribution in [0.15, 0.2) is 18.2 Å². The zero-order valence-corrected chi connectivity index (χ0v) is 12.8. The molecule has 0 radical (unpaired) electrons. The van der Waals surface area contributed by atoms with Crippen molar-refractivity contribution in [3.8, 4) is 0 Å². The third-order valence-electron chi connectivity index (χ3n) is 4.93. The van der Waals surface area contributed by atoms with Crippen molar-refractivity contribution in [2.45, 2.75) is 32.8 Å². The van der Waals surface area contributed by atoms with Gasteiger partial charge in [-0.2, -0.15) is 0 Å². The minimum atomic E-state index is -0.165. The van der Waals surface area contributed by atoms with Gasteiger partial charge in [-0.3, -0.25) is 9.69 Å². The van der Waals surface area contributed by atoms with Crippen LogP contribution in [0.5, 0.6) is 0 Å². The number of anilines is 1. The molecule has 2 N–H and O–H groups in total. The minimum Gasteiger partial charge on any atom is -0.393 e. The van der Waals surface area contributed by atoms with Gasteiger partial charge in [0.25, 0.3) is 0 Å². The molecule has 1 heterocycles. The van der Waals surface area contributed by atoms with E-state index >= 15 is 0 Å². The Kier molecular flexibility index (Phi) is 4.00. The molecular weight excluding hydrogens is 264 g/mol. The number of hydrogen-bond donors (Lipinski definition) is 2. The predicted molar refractivity (Wildman–Crippen MR) is 83.2 cm³/mol. The minimum absolute atomic E-state index is 0.0400. The van der Waals surface area contributed by atoms with Crippen LogP contribution in [0.1, 0.15) is 24.0 Å². The van der Waals surface area contributed by atoms with E-state index in [1.807, 2.05) is 32.0 Å². The summed E-state index contributed by atoms with van der Waals surface area (Å²) in [6.07, 6.45) is 1.86. The summed E-state index contributed by atoms with van der Waals surface area (Å²) in [7, 11) is 0. The third kappa shape index (κ3) is 3.11. The van der Waals surface area contributed by atoms with E-state index in [2.05, 4.69) is 10.2 Å². The number of aryl methyl sites for hydroxylation is 2. The van der Waals surface area contributed by atoms with Gasteiger partial charge < -0.3 is 10.4 Å². The summed E-state index contributed by atoms with van der Waals surface area (Å²) < 4.78 is 0. The van der Waals surface area contributed by atoms with Crippen molar-refractivity contribution in [2.24, 2.45) is 11.8 Å². The van der Waals surface area contributed by atoms with E-state index < -0.39 is 0 Å². The van der Waals surface area contributed by atoms with E-state index in [9.17, 15) is 9.90 Å². The second kappa shape index (κ2) is 5.78. The Morgan fingerprint density at radius 2 is 2.14 bits per heavy atom. The molecule has 2 fully saturated rings. The largest absolute Gasteiger partial charge is 0.393 e. The zero-order chi connectivity index (χ0) is 15.0. The molecule has 1 aliphatic carbocycles. The van der Waals surface area contributed by atoms with Crippen LogP contribution in [0, 0.1) is 25.7 Å². The van der Waals surface area contributed by atoms with Crippen LogP contribution in [-0.2, 0) is 4.79 Å². The lowest BCUT2D eigenvalue weighted by molar-refractivity contribution is -0.117. The van der Waals surface area contributed by atoms with E-state index in [1.165, 1.54) is 0 Å². The number of benzene rings is 1. The molecule has 4 heteroatoms. The van der Waals surface area contributed by atoms with Crippen LogP contribution < -0.4 is 5.32 Å². The second-order valence-corrected chi connectivity index (χ2v) is 6.63. The number of nitrogens with one attached hydrogen (secondary N) is 1. The molecule has 1 saturated carbocycles. The van der Waals surface area contributed by atoms with Gasteiger partial charge in [-0.1, -0.05) is 12.1 Å². The molecule has 3 unspecified atom stereocenters. The van der Waals surface area contributed by atoms with E-state index in [0.717, 1.165) is 42.7 Å². The molecule has 1 saturated heterocycles. The highest BCUT2D eigenvalue weighted by atomic mass is 16.3. The first-order valence-corrected chi connectivity index (χ1v) is 7.80. The third-order valence-corrected chi connectivity index (χ3v) is 4.93. The van der Waals surface area contributed by atoms with Crippen LogP contribution in [0.4, 0.5) is 5.69 Å². The Bertz CT molecular complexity index is 544. The van der Waals surface area contributed by atoms with Crippen LogP contribution >= 0.6 is 0 Å². The SMILES string of the molecule is Cc1ccc(C)c(NC(=O)CN2CC3CCC(O)C3C2)c1. The molecule has 0 spiro atoms. The summed E-state index contributed by atoms with van der Waals surface area (Å²) in [5, 5.41) is 12.9. The molecule has 1 aromatic carbocycles. The lowest BCUT2D eigenvalue weighted by Crippen LogP contribution is -2.33. The smallest absolute Gasteiger partial charge is 0.238 e. The molecule has 3 atom stereocenters. The van der Waals surface area contributed by atoms with Crippen LogP contribution in [-0.4, -0.2) is 41.7 Å². The van der Waals surface area contributed by atoms with Gasteiger partial charge in [-0.25, -0.2) is 0 Å². The summed E-state index contributed by atoms with van der Waals surface area (Å²) in [4.78, 5) is 14.4. The number of hydrogen-bond acceptors (Lipinski definition) is 3. The molecule has 0 bridgehead atoms. The summed E-state index contributed by atoms with van der Waals surface area (Å²) >= 11 is 0. The molecule has 1 aliphatic heterocycles. The van der Waals surface area contributed by atoms with Crippen molar-refractivity contribution in [2.75, 3.05) is 25.0 Å². The number of nitrogens with zero attached hydrogens (tertiary/aromatic N) is 1. The van der Waals surface area contributed by atoms with Gasteiger partial charge in [-0.05, 0) is 49.8 Å². The fourth-order valence-electron chi connectivity index (χ4n) is 3.72. The quantitative estimate of drug-likeness (QED) is 0.894. The number of amides is 1. The number of aliphatic hydroxyl groups excluding tert-OH is 1. The molecule has 2 aliphatic rings. The lowest BCUT2D eigenvalue weighted by atomic mass is 10.00.